The first-order valence-electron chi connectivity index (χ1n) is 10.0. The number of anilines is 2. The van der Waals surface area contributed by atoms with Gasteiger partial charge in [0.25, 0.3) is 5.91 Å². The molecule has 0 bridgehead atoms. The zero-order chi connectivity index (χ0) is 22.7. The first kappa shape index (κ1) is 22.1. The molecule has 3 rings (SSSR count). The van der Waals surface area contributed by atoms with Crippen molar-refractivity contribution in [2.75, 3.05) is 17.3 Å². The third-order valence-corrected chi connectivity index (χ3v) is 4.98. The van der Waals surface area contributed by atoms with Crippen molar-refractivity contribution in [1.29, 1.82) is 0 Å². The summed E-state index contributed by atoms with van der Waals surface area (Å²) >= 11 is 0. The zero-order valence-corrected chi connectivity index (χ0v) is 18.0. The molecule has 1 heterocycles. The third kappa shape index (κ3) is 4.60. The largest absolute Gasteiger partial charge is 0.503 e. The van der Waals surface area contributed by atoms with E-state index in [1.807, 2.05) is 13.8 Å². The van der Waals surface area contributed by atoms with E-state index >= 15 is 0 Å². The minimum atomic E-state index is -0.791. The summed E-state index contributed by atoms with van der Waals surface area (Å²) in [5, 5.41) is 13.4. The van der Waals surface area contributed by atoms with Crippen LogP contribution in [0, 0.1) is 5.92 Å². The van der Waals surface area contributed by atoms with Crippen LogP contribution in [-0.4, -0.2) is 29.8 Å². The number of amides is 2. The van der Waals surface area contributed by atoms with Crippen molar-refractivity contribution < 1.29 is 24.2 Å². The molecule has 0 saturated carbocycles. The van der Waals surface area contributed by atoms with Gasteiger partial charge in [-0.25, -0.2) is 0 Å². The van der Waals surface area contributed by atoms with E-state index in [9.17, 15) is 19.5 Å². The molecule has 31 heavy (non-hydrogen) atoms. The van der Waals surface area contributed by atoms with Gasteiger partial charge in [-0.1, -0.05) is 26.0 Å². The van der Waals surface area contributed by atoms with Crippen LogP contribution in [0.3, 0.4) is 0 Å². The highest BCUT2D eigenvalue weighted by atomic mass is 16.5. The van der Waals surface area contributed by atoms with Gasteiger partial charge in [0.15, 0.2) is 11.5 Å². The summed E-state index contributed by atoms with van der Waals surface area (Å²) in [6, 6.07) is 13.0. The number of methoxy groups -OCH3 is 1. The molecule has 7 heteroatoms. The molecule has 1 aliphatic heterocycles. The summed E-state index contributed by atoms with van der Waals surface area (Å²) in [5.74, 6) is -1.02. The lowest BCUT2D eigenvalue weighted by Gasteiger charge is -2.27. The first-order chi connectivity index (χ1) is 14.7. The van der Waals surface area contributed by atoms with Crippen LogP contribution >= 0.6 is 0 Å². The van der Waals surface area contributed by atoms with Gasteiger partial charge in [-0.05, 0) is 47.9 Å². The molecular weight excluding hydrogens is 396 g/mol. The van der Waals surface area contributed by atoms with Gasteiger partial charge in [0.2, 0.25) is 5.91 Å². The summed E-state index contributed by atoms with van der Waals surface area (Å²) in [7, 11) is 1.54. The van der Waals surface area contributed by atoms with E-state index in [1.165, 1.54) is 18.9 Å². The second-order valence-corrected chi connectivity index (χ2v) is 7.87. The average Bonchev–Trinajstić information content (AvgIpc) is 2.99. The number of aliphatic hydroxyl groups excluding tert-OH is 1. The summed E-state index contributed by atoms with van der Waals surface area (Å²) in [4.78, 5) is 38.8. The topological polar surface area (TPSA) is 95.9 Å². The molecule has 0 radical (unpaired) electrons. The molecule has 7 nitrogen and oxygen atoms in total. The van der Waals surface area contributed by atoms with Gasteiger partial charge in [0, 0.05) is 24.7 Å². The fourth-order valence-electron chi connectivity index (χ4n) is 3.67. The minimum absolute atomic E-state index is 0.0693. The highest BCUT2D eigenvalue weighted by Gasteiger charge is 2.44. The molecule has 2 aromatic carbocycles. The van der Waals surface area contributed by atoms with E-state index in [2.05, 4.69) is 5.32 Å². The Hall–Kier alpha value is -3.61. The smallest absolute Gasteiger partial charge is 0.294 e. The Bertz CT molecular complexity index is 1040. The molecule has 0 aliphatic carbocycles. The van der Waals surface area contributed by atoms with Crippen molar-refractivity contribution in [3.63, 3.8) is 0 Å². The molecule has 2 aromatic rings. The number of aliphatic hydroxyl groups is 1. The van der Waals surface area contributed by atoms with Crippen molar-refractivity contribution in [2.45, 2.75) is 33.2 Å². The molecule has 2 amide bonds. The van der Waals surface area contributed by atoms with Crippen LogP contribution in [-0.2, 0) is 14.4 Å². The molecule has 0 aromatic heterocycles. The molecule has 0 spiro atoms. The summed E-state index contributed by atoms with van der Waals surface area (Å²) in [5.41, 5.74) is 1.80. The van der Waals surface area contributed by atoms with E-state index in [-0.39, 0.29) is 29.6 Å². The normalized spacial score (nSPS) is 16.1. The molecule has 1 aliphatic rings. The van der Waals surface area contributed by atoms with Gasteiger partial charge in [-0.2, -0.15) is 0 Å². The molecule has 1 atom stereocenters. The van der Waals surface area contributed by atoms with Crippen molar-refractivity contribution in [3.8, 4) is 5.75 Å². The van der Waals surface area contributed by atoms with Gasteiger partial charge in [-0.15, -0.1) is 0 Å². The number of carbonyl (C=O) groups excluding carboxylic acids is 3. The lowest BCUT2D eigenvalue weighted by molar-refractivity contribution is -0.118. The van der Waals surface area contributed by atoms with E-state index in [0.29, 0.717) is 22.7 Å². The van der Waals surface area contributed by atoms with Crippen molar-refractivity contribution in [3.05, 3.63) is 65.4 Å². The van der Waals surface area contributed by atoms with Gasteiger partial charge < -0.3 is 15.2 Å². The molecule has 2 N–H and O–H groups in total. The number of ether oxygens (including phenoxy) is 1. The van der Waals surface area contributed by atoms with Gasteiger partial charge in [0.1, 0.15) is 5.75 Å². The third-order valence-electron chi connectivity index (χ3n) is 4.98. The molecule has 1 unspecified atom stereocenters. The van der Waals surface area contributed by atoms with E-state index in [1.54, 1.807) is 48.5 Å². The lowest BCUT2D eigenvalue weighted by Crippen LogP contribution is -2.31. The quantitative estimate of drug-likeness (QED) is 0.698. The molecular formula is C24H26N2O5. The lowest BCUT2D eigenvalue weighted by atomic mass is 9.92. The van der Waals surface area contributed by atoms with Crippen LogP contribution in [0.25, 0.3) is 0 Å². The Morgan fingerprint density at radius 1 is 1.16 bits per heavy atom. The number of benzene rings is 2. The average molecular weight is 422 g/mol. The fraction of sp³-hybridized carbons (Fsp3) is 0.292. The van der Waals surface area contributed by atoms with E-state index < -0.39 is 17.7 Å². The van der Waals surface area contributed by atoms with Crippen LogP contribution in [0.1, 0.15) is 38.8 Å². The van der Waals surface area contributed by atoms with Crippen molar-refractivity contribution in [1.82, 2.24) is 0 Å². The summed E-state index contributed by atoms with van der Waals surface area (Å²) in [6.45, 7) is 5.22. The van der Waals surface area contributed by atoms with Crippen molar-refractivity contribution >= 4 is 29.0 Å². The van der Waals surface area contributed by atoms with Crippen LogP contribution < -0.4 is 15.0 Å². The number of Topliss-reactive ketones (excluding diaryl/α,β-unsaturated/α-hetero) is 1. The second kappa shape index (κ2) is 9.04. The minimum Gasteiger partial charge on any atom is -0.503 e. The maximum atomic E-state index is 13.1. The van der Waals surface area contributed by atoms with Crippen LogP contribution in [0.15, 0.2) is 59.9 Å². The van der Waals surface area contributed by atoms with Crippen LogP contribution in [0.5, 0.6) is 5.75 Å². The Morgan fingerprint density at radius 3 is 2.42 bits per heavy atom. The van der Waals surface area contributed by atoms with Gasteiger partial charge in [0.05, 0.1) is 18.7 Å². The highest BCUT2D eigenvalue weighted by Crippen LogP contribution is 2.42. The second-order valence-electron chi connectivity index (χ2n) is 7.87. The number of nitrogens with one attached hydrogen (secondary N) is 1. The number of nitrogens with zero attached hydrogens (tertiary/aromatic N) is 1. The maximum absolute atomic E-state index is 13.1. The van der Waals surface area contributed by atoms with Crippen LogP contribution in [0.4, 0.5) is 11.4 Å². The SMILES string of the molecule is COc1cccc(C2C(C(=O)CC(C)C)=C(O)C(=O)N2c2ccc(NC(C)=O)cc2)c1. The van der Waals surface area contributed by atoms with E-state index in [0.717, 1.165) is 0 Å². The summed E-state index contributed by atoms with van der Waals surface area (Å²) in [6.07, 6.45) is 0.211. The molecule has 0 fully saturated rings. The van der Waals surface area contributed by atoms with E-state index in [4.69, 9.17) is 4.74 Å². The van der Waals surface area contributed by atoms with Crippen molar-refractivity contribution in [2.24, 2.45) is 5.92 Å². The monoisotopic (exact) mass is 422 g/mol. The summed E-state index contributed by atoms with van der Waals surface area (Å²) < 4.78 is 5.31. The Kier molecular flexibility index (Phi) is 6.44. The maximum Gasteiger partial charge on any atom is 0.294 e. The predicted octanol–water partition coefficient (Wildman–Crippen LogP) is 4.17. The Labute approximate surface area is 181 Å². The number of hydrogen-bond donors (Lipinski definition) is 2. The number of rotatable bonds is 7. The highest BCUT2D eigenvalue weighted by molar-refractivity contribution is 6.16. The van der Waals surface area contributed by atoms with Crippen LogP contribution in [0.2, 0.25) is 0 Å². The standard InChI is InChI=1S/C24H26N2O5/c1-14(2)12-20(28)21-22(16-6-5-7-19(13-16)31-4)26(24(30)23(21)29)18-10-8-17(9-11-18)25-15(3)27/h5-11,13-14,22,29H,12H2,1-4H3,(H,25,27). The Morgan fingerprint density at radius 2 is 1.84 bits per heavy atom. The van der Waals surface area contributed by atoms with Gasteiger partial charge >= 0.3 is 0 Å². The number of ketones is 1. The Balaban J connectivity index is 2.09. The number of hydrogen-bond acceptors (Lipinski definition) is 5. The zero-order valence-electron chi connectivity index (χ0n) is 18.0. The molecule has 0 saturated heterocycles. The first-order valence-corrected chi connectivity index (χ1v) is 10.0. The van der Waals surface area contributed by atoms with Gasteiger partial charge in [-0.3, -0.25) is 19.3 Å². The predicted molar refractivity (Wildman–Crippen MR) is 118 cm³/mol. The fourth-order valence-corrected chi connectivity index (χ4v) is 3.67. The molecule has 162 valence electrons. The number of carbonyl (C=O) groups is 3.